The lowest BCUT2D eigenvalue weighted by atomic mass is 10.1. The van der Waals surface area contributed by atoms with E-state index < -0.39 is 0 Å². The van der Waals surface area contributed by atoms with Crippen molar-refractivity contribution >= 4 is 28.6 Å². The molecule has 0 saturated heterocycles. The van der Waals surface area contributed by atoms with Gasteiger partial charge in [-0.3, -0.25) is 0 Å². The highest BCUT2D eigenvalue weighted by Gasteiger charge is 2.12. The lowest BCUT2D eigenvalue weighted by Gasteiger charge is -2.21. The van der Waals surface area contributed by atoms with Crippen LogP contribution in [0.5, 0.6) is 0 Å². The first-order chi connectivity index (χ1) is 8.61. The van der Waals surface area contributed by atoms with E-state index in [0.29, 0.717) is 17.8 Å². The normalized spacial score (nSPS) is 10.7. The second-order valence-electron chi connectivity index (χ2n) is 3.96. The zero-order valence-electron chi connectivity index (χ0n) is 9.86. The third-order valence-electron chi connectivity index (χ3n) is 2.69. The largest absolute Gasteiger partial charge is 0.391 e. The van der Waals surface area contributed by atoms with Crippen molar-refractivity contribution in [1.82, 2.24) is 0 Å². The van der Waals surface area contributed by atoms with Crippen LogP contribution in [-0.4, -0.2) is 12.2 Å². The number of halogens is 2. The third kappa shape index (κ3) is 2.83. The Morgan fingerprint density at radius 3 is 2.72 bits per heavy atom. The molecule has 1 N–H and O–H groups in total. The molecule has 0 radical (unpaired) electrons. The number of rotatable bonds is 4. The minimum absolute atomic E-state index is 0.308. The first-order valence-corrected chi connectivity index (χ1v) is 6.65. The van der Waals surface area contributed by atoms with Gasteiger partial charge < -0.3 is 10.0 Å². The van der Waals surface area contributed by atoms with Gasteiger partial charge in [0.25, 0.3) is 0 Å². The molecule has 2 nitrogen and oxygen atoms in total. The monoisotopic (exact) mass is 285 g/mol. The van der Waals surface area contributed by atoms with Crippen molar-refractivity contribution < 1.29 is 9.50 Å². The van der Waals surface area contributed by atoms with Gasteiger partial charge in [0.05, 0.1) is 17.5 Å². The zero-order chi connectivity index (χ0) is 13.1. The number of benzene rings is 1. The molecule has 1 aromatic heterocycles. The van der Waals surface area contributed by atoms with Crippen molar-refractivity contribution in [3.63, 3.8) is 0 Å². The predicted octanol–water partition coefficient (Wildman–Crippen LogP) is 3.67. The molecule has 0 amide bonds. The van der Waals surface area contributed by atoms with Gasteiger partial charge in [0.15, 0.2) is 0 Å². The molecule has 0 atom stereocenters. The van der Waals surface area contributed by atoms with Crippen molar-refractivity contribution in [2.75, 3.05) is 11.9 Å². The van der Waals surface area contributed by atoms with Crippen LogP contribution in [0.1, 0.15) is 10.4 Å². The van der Waals surface area contributed by atoms with Crippen LogP contribution < -0.4 is 4.90 Å². The van der Waals surface area contributed by atoms with Crippen LogP contribution in [0.3, 0.4) is 0 Å². The van der Waals surface area contributed by atoms with Crippen LogP contribution >= 0.6 is 22.9 Å². The lowest BCUT2D eigenvalue weighted by Crippen LogP contribution is -2.18. The summed E-state index contributed by atoms with van der Waals surface area (Å²) in [6.07, 6.45) is 0. The van der Waals surface area contributed by atoms with Gasteiger partial charge in [-0.2, -0.15) is 0 Å². The van der Waals surface area contributed by atoms with E-state index in [1.165, 1.54) is 17.4 Å². The first-order valence-electron chi connectivity index (χ1n) is 5.45. The SMILES string of the molecule is CN(Cc1ccc(Cl)s1)c1cccc(F)c1CO. The van der Waals surface area contributed by atoms with Crippen LogP contribution in [0.15, 0.2) is 30.3 Å². The first kappa shape index (κ1) is 13.3. The third-order valence-corrected chi connectivity index (χ3v) is 3.90. The average Bonchev–Trinajstić information content (AvgIpc) is 2.74. The number of aliphatic hydroxyl groups excluding tert-OH is 1. The summed E-state index contributed by atoms with van der Waals surface area (Å²) in [7, 11) is 1.86. The molecule has 0 saturated carbocycles. The van der Waals surface area contributed by atoms with Gasteiger partial charge in [0, 0.05) is 23.2 Å². The topological polar surface area (TPSA) is 23.5 Å². The van der Waals surface area contributed by atoms with E-state index in [0.717, 1.165) is 9.21 Å². The van der Waals surface area contributed by atoms with Crippen LogP contribution in [-0.2, 0) is 13.2 Å². The van der Waals surface area contributed by atoms with E-state index >= 15 is 0 Å². The highest BCUT2D eigenvalue weighted by atomic mass is 35.5. The van der Waals surface area contributed by atoms with Crippen LogP contribution in [0.2, 0.25) is 4.34 Å². The lowest BCUT2D eigenvalue weighted by molar-refractivity contribution is 0.276. The molecule has 0 fully saturated rings. The number of hydrogen-bond acceptors (Lipinski definition) is 3. The van der Waals surface area contributed by atoms with Gasteiger partial charge in [-0.1, -0.05) is 17.7 Å². The molecule has 0 aliphatic heterocycles. The fourth-order valence-corrected chi connectivity index (χ4v) is 2.96. The Morgan fingerprint density at radius 1 is 1.33 bits per heavy atom. The predicted molar refractivity (Wildman–Crippen MR) is 73.8 cm³/mol. The van der Waals surface area contributed by atoms with E-state index in [9.17, 15) is 9.50 Å². The summed E-state index contributed by atoms with van der Waals surface area (Å²) >= 11 is 7.37. The zero-order valence-corrected chi connectivity index (χ0v) is 11.4. The maximum absolute atomic E-state index is 13.5. The number of nitrogens with zero attached hydrogens (tertiary/aromatic N) is 1. The number of hydrogen-bond donors (Lipinski definition) is 1. The molecule has 0 unspecified atom stereocenters. The van der Waals surface area contributed by atoms with E-state index in [1.807, 2.05) is 24.1 Å². The van der Waals surface area contributed by atoms with Crippen molar-refractivity contribution in [3.05, 3.63) is 50.9 Å². The molecule has 2 aromatic rings. The summed E-state index contributed by atoms with van der Waals surface area (Å²) < 4.78 is 14.3. The summed E-state index contributed by atoms with van der Waals surface area (Å²) in [4.78, 5) is 2.99. The Kier molecular flexibility index (Phi) is 4.22. The Labute approximate surface area is 114 Å². The van der Waals surface area contributed by atoms with Gasteiger partial charge in [-0.15, -0.1) is 11.3 Å². The second kappa shape index (κ2) is 5.69. The molecule has 1 aromatic carbocycles. The Hall–Kier alpha value is -1.10. The van der Waals surface area contributed by atoms with Gasteiger partial charge in [-0.05, 0) is 24.3 Å². The van der Waals surface area contributed by atoms with Crippen LogP contribution in [0.4, 0.5) is 10.1 Å². The standard InChI is InChI=1S/C13H13ClFNOS/c1-16(7-9-5-6-13(14)18-9)12-4-2-3-11(15)10(12)8-17/h2-6,17H,7-8H2,1H3. The molecule has 1 heterocycles. The van der Waals surface area contributed by atoms with Crippen molar-refractivity contribution in [2.24, 2.45) is 0 Å². The molecule has 0 spiro atoms. The summed E-state index contributed by atoms with van der Waals surface area (Å²) in [5.41, 5.74) is 1.02. The Balaban J connectivity index is 2.23. The summed E-state index contributed by atoms with van der Waals surface area (Å²) in [5, 5.41) is 9.23. The molecule has 18 heavy (non-hydrogen) atoms. The van der Waals surface area contributed by atoms with Gasteiger partial charge >= 0.3 is 0 Å². The maximum Gasteiger partial charge on any atom is 0.130 e. The molecule has 0 aliphatic carbocycles. The van der Waals surface area contributed by atoms with Gasteiger partial charge in [0.1, 0.15) is 5.82 Å². The van der Waals surface area contributed by atoms with Gasteiger partial charge in [-0.25, -0.2) is 4.39 Å². The van der Waals surface area contributed by atoms with Crippen LogP contribution in [0, 0.1) is 5.82 Å². The smallest absolute Gasteiger partial charge is 0.130 e. The van der Waals surface area contributed by atoms with Crippen molar-refractivity contribution in [1.29, 1.82) is 0 Å². The average molecular weight is 286 g/mol. The Morgan fingerprint density at radius 2 is 2.11 bits per heavy atom. The highest BCUT2D eigenvalue weighted by molar-refractivity contribution is 7.16. The number of anilines is 1. The van der Waals surface area contributed by atoms with Crippen molar-refractivity contribution in [2.45, 2.75) is 13.2 Å². The molecular formula is C13H13ClFNOS. The number of thiophene rings is 1. The molecular weight excluding hydrogens is 273 g/mol. The second-order valence-corrected chi connectivity index (χ2v) is 5.76. The van der Waals surface area contributed by atoms with E-state index in [2.05, 4.69) is 0 Å². The fourth-order valence-electron chi connectivity index (χ4n) is 1.82. The van der Waals surface area contributed by atoms with E-state index in [1.54, 1.807) is 12.1 Å². The summed E-state index contributed by atoms with van der Waals surface area (Å²) in [5.74, 6) is -0.383. The van der Waals surface area contributed by atoms with E-state index in [-0.39, 0.29) is 12.4 Å². The number of aliphatic hydroxyl groups is 1. The molecule has 5 heteroatoms. The summed E-state index contributed by atoms with van der Waals surface area (Å²) in [6, 6.07) is 8.58. The summed E-state index contributed by atoms with van der Waals surface area (Å²) in [6.45, 7) is 0.325. The highest BCUT2D eigenvalue weighted by Crippen LogP contribution is 2.27. The van der Waals surface area contributed by atoms with E-state index in [4.69, 9.17) is 11.6 Å². The maximum atomic E-state index is 13.5. The minimum atomic E-state index is -0.383. The van der Waals surface area contributed by atoms with Crippen molar-refractivity contribution in [3.8, 4) is 0 Å². The minimum Gasteiger partial charge on any atom is -0.391 e. The molecule has 96 valence electrons. The quantitative estimate of drug-likeness (QED) is 0.926. The molecule has 2 rings (SSSR count). The Bertz CT molecular complexity index is 544. The molecule has 0 aliphatic rings. The van der Waals surface area contributed by atoms with Gasteiger partial charge in [0.2, 0.25) is 0 Å². The molecule has 0 bridgehead atoms. The fraction of sp³-hybridized carbons (Fsp3) is 0.231. The van der Waals surface area contributed by atoms with Crippen LogP contribution in [0.25, 0.3) is 0 Å².